The maximum Gasteiger partial charge on any atom is 0.491 e. The van der Waals surface area contributed by atoms with E-state index in [4.69, 9.17) is 26.6 Å². The van der Waals surface area contributed by atoms with Crippen LogP contribution < -0.4 is 11.1 Å². The number of rotatable bonds is 4. The minimum atomic E-state index is -0.455. The van der Waals surface area contributed by atoms with E-state index in [0.29, 0.717) is 17.9 Å². The molecule has 0 atom stereocenters. The third-order valence-corrected chi connectivity index (χ3v) is 4.29. The molecule has 0 aliphatic carbocycles. The van der Waals surface area contributed by atoms with Gasteiger partial charge in [0, 0.05) is 12.1 Å². The van der Waals surface area contributed by atoms with Crippen LogP contribution in [0.3, 0.4) is 0 Å². The smallest absolute Gasteiger partial charge is 0.400 e. The number of anilines is 1. The molecule has 120 valence electrons. The fraction of sp³-hybridized carbons (Fsp3) is 0.571. The van der Waals surface area contributed by atoms with Gasteiger partial charge in [0.2, 0.25) is 0 Å². The van der Waals surface area contributed by atoms with Crippen LogP contribution in [0.15, 0.2) is 11.5 Å². The molecule has 0 unspecified atom stereocenters. The van der Waals surface area contributed by atoms with Crippen molar-refractivity contribution in [3.05, 3.63) is 22.3 Å². The first-order chi connectivity index (χ1) is 10.2. The molecule has 0 radical (unpaired) electrons. The first kappa shape index (κ1) is 17.2. The van der Waals surface area contributed by atoms with E-state index in [-0.39, 0.29) is 5.15 Å². The van der Waals surface area contributed by atoms with E-state index in [2.05, 4.69) is 15.5 Å². The quantitative estimate of drug-likeness (QED) is 0.824. The lowest BCUT2D eigenvalue weighted by Crippen LogP contribution is -2.41. The van der Waals surface area contributed by atoms with Crippen molar-refractivity contribution in [1.82, 2.24) is 15.5 Å². The molecule has 0 bridgehead atoms. The lowest BCUT2D eigenvalue weighted by atomic mass is 9.77. The molecule has 2 rings (SSSR count). The highest BCUT2D eigenvalue weighted by molar-refractivity contribution is 6.56. The molecule has 0 saturated carbocycles. The normalized spacial score (nSPS) is 20.5. The van der Waals surface area contributed by atoms with Crippen LogP contribution >= 0.6 is 11.6 Å². The van der Waals surface area contributed by atoms with E-state index < -0.39 is 18.3 Å². The molecule has 2 heterocycles. The van der Waals surface area contributed by atoms with Gasteiger partial charge in [-0.25, -0.2) is 0 Å². The summed E-state index contributed by atoms with van der Waals surface area (Å²) in [6.45, 7) is 8.66. The zero-order chi connectivity index (χ0) is 16.5. The summed E-state index contributed by atoms with van der Waals surface area (Å²) in [4.78, 5) is 0. The molecule has 0 amide bonds. The molecule has 0 aromatic carbocycles. The number of nitrogens with two attached hydrogens (primary N) is 1. The maximum absolute atomic E-state index is 6.08. The van der Waals surface area contributed by atoms with Crippen LogP contribution in [0.2, 0.25) is 5.15 Å². The molecule has 1 aromatic rings. The van der Waals surface area contributed by atoms with Crippen LogP contribution in [0.4, 0.5) is 5.82 Å². The summed E-state index contributed by atoms with van der Waals surface area (Å²) in [5.74, 6) is 0.314. The van der Waals surface area contributed by atoms with Crippen LogP contribution in [0.25, 0.3) is 6.08 Å². The Morgan fingerprint density at radius 1 is 1.32 bits per heavy atom. The van der Waals surface area contributed by atoms with Crippen LogP contribution in [-0.4, -0.2) is 42.1 Å². The van der Waals surface area contributed by atoms with E-state index >= 15 is 0 Å². The molecule has 1 aromatic heterocycles. The number of nitrogens with one attached hydrogen (secondary N) is 1. The average molecular weight is 325 g/mol. The SMILES string of the molecule is CNCC(=Cc1cc(Cl)nnc1N)B1OC(C)(C)C(C)(C)O1. The fourth-order valence-electron chi connectivity index (χ4n) is 2.11. The second-order valence-electron chi connectivity index (χ2n) is 6.35. The van der Waals surface area contributed by atoms with Crippen molar-refractivity contribution in [2.75, 3.05) is 19.3 Å². The molecule has 1 saturated heterocycles. The highest BCUT2D eigenvalue weighted by Crippen LogP contribution is 2.38. The summed E-state index contributed by atoms with van der Waals surface area (Å²) in [6, 6.07) is 1.67. The van der Waals surface area contributed by atoms with Crippen LogP contribution in [0, 0.1) is 0 Å². The van der Waals surface area contributed by atoms with Crippen molar-refractivity contribution in [2.24, 2.45) is 0 Å². The van der Waals surface area contributed by atoms with Crippen molar-refractivity contribution >= 4 is 30.6 Å². The van der Waals surface area contributed by atoms with Crippen molar-refractivity contribution in [3.63, 3.8) is 0 Å². The van der Waals surface area contributed by atoms with Crippen molar-refractivity contribution in [2.45, 2.75) is 38.9 Å². The molecular weight excluding hydrogens is 302 g/mol. The molecule has 1 fully saturated rings. The van der Waals surface area contributed by atoms with Gasteiger partial charge >= 0.3 is 7.12 Å². The summed E-state index contributed by atoms with van der Waals surface area (Å²) in [5, 5.41) is 10.9. The van der Waals surface area contributed by atoms with Gasteiger partial charge < -0.3 is 20.4 Å². The lowest BCUT2D eigenvalue weighted by Gasteiger charge is -2.32. The number of hydrogen-bond donors (Lipinski definition) is 2. The topological polar surface area (TPSA) is 82.3 Å². The van der Waals surface area contributed by atoms with Gasteiger partial charge in [0.15, 0.2) is 11.0 Å². The Balaban J connectivity index is 2.35. The predicted molar refractivity (Wildman–Crippen MR) is 89.4 cm³/mol. The number of hydrogen-bond acceptors (Lipinski definition) is 6. The number of aromatic nitrogens is 2. The van der Waals surface area contributed by atoms with Gasteiger partial charge in [-0.05, 0) is 46.3 Å². The monoisotopic (exact) mass is 324 g/mol. The van der Waals surface area contributed by atoms with Crippen molar-refractivity contribution in [3.8, 4) is 0 Å². The Morgan fingerprint density at radius 2 is 1.91 bits per heavy atom. The van der Waals surface area contributed by atoms with Gasteiger partial charge in [-0.15, -0.1) is 10.2 Å². The Hall–Kier alpha value is -1.15. The minimum absolute atomic E-state index is 0.290. The standard InChI is InChI=1S/C14H22BClN4O2/c1-13(2)14(3,4)22-15(21-13)10(8-18-5)6-9-7-11(16)19-20-12(9)17/h6-7,18H,8H2,1-5H3,(H2,17,20). The Bertz CT molecular complexity index is 576. The number of likely N-dealkylation sites (N-methyl/N-ethyl adjacent to an activating group) is 1. The van der Waals surface area contributed by atoms with Gasteiger partial charge in [0.25, 0.3) is 0 Å². The van der Waals surface area contributed by atoms with Crippen molar-refractivity contribution in [1.29, 1.82) is 0 Å². The average Bonchev–Trinajstić information content (AvgIpc) is 2.62. The highest BCUT2D eigenvalue weighted by Gasteiger charge is 2.52. The van der Waals surface area contributed by atoms with Gasteiger partial charge in [0.1, 0.15) is 0 Å². The van der Waals surface area contributed by atoms with E-state index in [0.717, 1.165) is 5.47 Å². The third-order valence-electron chi connectivity index (χ3n) is 4.10. The summed E-state index contributed by atoms with van der Waals surface area (Å²) >= 11 is 5.89. The van der Waals surface area contributed by atoms with Crippen LogP contribution in [-0.2, 0) is 9.31 Å². The third kappa shape index (κ3) is 3.43. The summed E-state index contributed by atoms with van der Waals surface area (Å²) in [5.41, 5.74) is 6.67. The molecule has 0 spiro atoms. The van der Waals surface area contributed by atoms with Crippen LogP contribution in [0.1, 0.15) is 33.3 Å². The molecule has 8 heteroatoms. The molecule has 22 heavy (non-hydrogen) atoms. The number of nitrogens with zero attached hydrogens (tertiary/aromatic N) is 2. The van der Waals surface area contributed by atoms with Crippen LogP contribution in [0.5, 0.6) is 0 Å². The second-order valence-corrected chi connectivity index (χ2v) is 6.73. The molecule has 3 N–H and O–H groups in total. The number of nitrogen functional groups attached to an aromatic ring is 1. The van der Waals surface area contributed by atoms with E-state index in [1.165, 1.54) is 0 Å². The largest absolute Gasteiger partial charge is 0.491 e. The fourth-order valence-corrected chi connectivity index (χ4v) is 2.26. The lowest BCUT2D eigenvalue weighted by molar-refractivity contribution is 0.00578. The Morgan fingerprint density at radius 3 is 2.45 bits per heavy atom. The Kier molecular flexibility index (Phi) is 4.82. The van der Waals surface area contributed by atoms with E-state index in [1.54, 1.807) is 6.07 Å². The Labute approximate surface area is 136 Å². The zero-order valence-corrected chi connectivity index (χ0v) is 14.4. The van der Waals surface area contributed by atoms with E-state index in [1.807, 2.05) is 40.8 Å². The highest BCUT2D eigenvalue weighted by atomic mass is 35.5. The zero-order valence-electron chi connectivity index (χ0n) is 13.6. The molecular formula is C14H22BClN4O2. The molecule has 6 nitrogen and oxygen atoms in total. The maximum atomic E-state index is 6.08. The van der Waals surface area contributed by atoms with Crippen molar-refractivity contribution < 1.29 is 9.31 Å². The molecule has 1 aliphatic heterocycles. The van der Waals surface area contributed by atoms with E-state index in [9.17, 15) is 0 Å². The first-order valence-electron chi connectivity index (χ1n) is 7.16. The summed E-state index contributed by atoms with van der Waals surface area (Å²) in [6.07, 6.45) is 1.88. The molecule has 1 aliphatic rings. The minimum Gasteiger partial charge on any atom is -0.400 e. The summed E-state index contributed by atoms with van der Waals surface area (Å²) < 4.78 is 12.2. The van der Waals surface area contributed by atoms with Gasteiger partial charge in [-0.2, -0.15) is 0 Å². The first-order valence-corrected chi connectivity index (χ1v) is 7.53. The predicted octanol–water partition coefficient (Wildman–Crippen LogP) is 1.95. The van der Waals surface area contributed by atoms with Gasteiger partial charge in [0.05, 0.1) is 11.2 Å². The van der Waals surface area contributed by atoms with Gasteiger partial charge in [-0.3, -0.25) is 0 Å². The second kappa shape index (κ2) is 6.16. The van der Waals surface area contributed by atoms with Gasteiger partial charge in [-0.1, -0.05) is 17.7 Å². The summed E-state index contributed by atoms with van der Waals surface area (Å²) in [7, 11) is 1.41. The number of halogens is 1.